The maximum atomic E-state index is 6.10. The Morgan fingerprint density at radius 1 is 1.41 bits per heavy atom. The van der Waals surface area contributed by atoms with E-state index in [9.17, 15) is 0 Å². The van der Waals surface area contributed by atoms with Crippen LogP contribution in [-0.2, 0) is 0 Å². The summed E-state index contributed by atoms with van der Waals surface area (Å²) in [6.07, 6.45) is 5.12. The topological polar surface area (TPSA) is 12.0 Å². The highest BCUT2D eigenvalue weighted by molar-refractivity contribution is 9.10. The third-order valence-electron chi connectivity index (χ3n) is 3.52. The molecule has 2 rings (SSSR count). The molecule has 1 aliphatic rings. The lowest BCUT2D eigenvalue weighted by Crippen LogP contribution is -2.31. The predicted molar refractivity (Wildman–Crippen MR) is 78.8 cm³/mol. The van der Waals surface area contributed by atoms with Crippen molar-refractivity contribution < 1.29 is 0 Å². The van der Waals surface area contributed by atoms with Crippen LogP contribution in [0.5, 0.6) is 0 Å². The van der Waals surface area contributed by atoms with Gasteiger partial charge in [-0.1, -0.05) is 37.9 Å². The average Bonchev–Trinajstić information content (AvgIpc) is 2.23. The summed E-state index contributed by atoms with van der Waals surface area (Å²) in [5, 5.41) is 4.38. The first-order chi connectivity index (χ1) is 7.98. The minimum absolute atomic E-state index is 0.459. The second-order valence-electron chi connectivity index (χ2n) is 5.70. The first-order valence-electron chi connectivity index (χ1n) is 6.18. The van der Waals surface area contributed by atoms with Gasteiger partial charge in [-0.2, -0.15) is 0 Å². The Kier molecular flexibility index (Phi) is 4.04. The Balaban J connectivity index is 2.08. The highest BCUT2D eigenvalue weighted by Crippen LogP contribution is 2.38. The van der Waals surface area contributed by atoms with Gasteiger partial charge >= 0.3 is 0 Å². The summed E-state index contributed by atoms with van der Waals surface area (Å²) in [4.78, 5) is 0. The summed E-state index contributed by atoms with van der Waals surface area (Å²) >= 11 is 9.64. The molecule has 0 aliphatic heterocycles. The van der Waals surface area contributed by atoms with E-state index in [1.807, 2.05) is 12.1 Å². The van der Waals surface area contributed by atoms with Crippen LogP contribution in [0.4, 0.5) is 5.69 Å². The van der Waals surface area contributed by atoms with Crippen LogP contribution in [0.1, 0.15) is 39.5 Å². The van der Waals surface area contributed by atoms with Crippen molar-refractivity contribution in [3.05, 3.63) is 27.7 Å². The molecule has 0 heterocycles. The smallest absolute Gasteiger partial charge is 0.0593 e. The Morgan fingerprint density at radius 3 is 2.88 bits per heavy atom. The summed E-state index contributed by atoms with van der Waals surface area (Å²) in [5.41, 5.74) is 1.57. The van der Waals surface area contributed by atoms with Crippen LogP contribution >= 0.6 is 27.5 Å². The van der Waals surface area contributed by atoms with Gasteiger partial charge in [-0.15, -0.1) is 0 Å². The van der Waals surface area contributed by atoms with Crippen LogP contribution in [0.25, 0.3) is 0 Å². The molecule has 1 fully saturated rings. The monoisotopic (exact) mass is 315 g/mol. The molecule has 1 saturated carbocycles. The molecule has 3 heteroatoms. The van der Waals surface area contributed by atoms with E-state index in [-0.39, 0.29) is 0 Å². The summed E-state index contributed by atoms with van der Waals surface area (Å²) in [6, 6.07) is 6.54. The zero-order chi connectivity index (χ0) is 12.5. The lowest BCUT2D eigenvalue weighted by molar-refractivity contribution is 0.229. The summed E-state index contributed by atoms with van der Waals surface area (Å²) in [6.45, 7) is 4.71. The van der Waals surface area contributed by atoms with Crippen molar-refractivity contribution in [2.75, 3.05) is 5.32 Å². The number of hydrogen-bond donors (Lipinski definition) is 1. The van der Waals surface area contributed by atoms with E-state index in [0.29, 0.717) is 11.5 Å². The maximum absolute atomic E-state index is 6.10. The number of benzene rings is 1. The molecule has 1 aromatic carbocycles. The fraction of sp³-hybridized carbons (Fsp3) is 0.571. The van der Waals surface area contributed by atoms with Crippen LogP contribution in [0.15, 0.2) is 22.7 Å². The second kappa shape index (κ2) is 5.19. The fourth-order valence-corrected chi connectivity index (χ4v) is 3.21. The van der Waals surface area contributed by atoms with Gasteiger partial charge in [0, 0.05) is 6.04 Å². The number of nitrogens with one attached hydrogen (secondary N) is 1. The van der Waals surface area contributed by atoms with Gasteiger partial charge in [-0.05, 0) is 52.7 Å². The van der Waals surface area contributed by atoms with E-state index < -0.39 is 0 Å². The van der Waals surface area contributed by atoms with Crippen molar-refractivity contribution in [2.45, 2.75) is 45.6 Å². The Labute approximate surface area is 117 Å². The minimum Gasteiger partial charge on any atom is -0.381 e. The molecule has 94 valence electrons. The van der Waals surface area contributed by atoms with E-state index >= 15 is 0 Å². The van der Waals surface area contributed by atoms with Crippen molar-refractivity contribution in [3.63, 3.8) is 0 Å². The van der Waals surface area contributed by atoms with E-state index in [2.05, 4.69) is 41.2 Å². The number of hydrogen-bond acceptors (Lipinski definition) is 1. The molecule has 0 saturated heterocycles. The van der Waals surface area contributed by atoms with Crippen molar-refractivity contribution in [2.24, 2.45) is 5.41 Å². The van der Waals surface area contributed by atoms with Crippen LogP contribution < -0.4 is 5.32 Å². The van der Waals surface area contributed by atoms with Crippen molar-refractivity contribution in [3.8, 4) is 0 Å². The van der Waals surface area contributed by atoms with Crippen LogP contribution in [0.3, 0.4) is 0 Å². The zero-order valence-electron chi connectivity index (χ0n) is 10.4. The van der Waals surface area contributed by atoms with E-state index in [4.69, 9.17) is 11.6 Å². The molecule has 17 heavy (non-hydrogen) atoms. The average molecular weight is 317 g/mol. The Morgan fingerprint density at radius 2 is 2.18 bits per heavy atom. The molecule has 1 unspecified atom stereocenters. The molecule has 1 aromatic rings. The van der Waals surface area contributed by atoms with Crippen LogP contribution in [-0.4, -0.2) is 6.04 Å². The van der Waals surface area contributed by atoms with Crippen LogP contribution in [0, 0.1) is 5.41 Å². The molecule has 0 amide bonds. The van der Waals surface area contributed by atoms with Crippen LogP contribution in [0.2, 0.25) is 5.02 Å². The van der Waals surface area contributed by atoms with Gasteiger partial charge in [0.25, 0.3) is 0 Å². The predicted octanol–water partition coefficient (Wildman–Crippen LogP) is 5.48. The first kappa shape index (κ1) is 13.2. The molecular weight excluding hydrogens is 298 g/mol. The first-order valence-corrected chi connectivity index (χ1v) is 7.36. The fourth-order valence-electron chi connectivity index (χ4n) is 2.66. The van der Waals surface area contributed by atoms with Gasteiger partial charge in [0.05, 0.1) is 15.2 Å². The largest absolute Gasteiger partial charge is 0.381 e. The van der Waals surface area contributed by atoms with Crippen molar-refractivity contribution >= 4 is 33.2 Å². The molecule has 0 spiro atoms. The van der Waals surface area contributed by atoms with Crippen molar-refractivity contribution in [1.82, 2.24) is 0 Å². The third-order valence-corrected chi connectivity index (χ3v) is 4.91. The quantitative estimate of drug-likeness (QED) is 0.761. The van der Waals surface area contributed by atoms with Gasteiger partial charge in [0.15, 0.2) is 0 Å². The number of anilines is 1. The number of halogens is 2. The van der Waals surface area contributed by atoms with Gasteiger partial charge in [0.1, 0.15) is 0 Å². The molecule has 0 bridgehead atoms. The van der Waals surface area contributed by atoms with Gasteiger partial charge in [-0.3, -0.25) is 0 Å². The van der Waals surface area contributed by atoms with E-state index in [1.165, 1.54) is 25.7 Å². The molecular formula is C14H19BrClN. The van der Waals surface area contributed by atoms with E-state index in [1.54, 1.807) is 0 Å². The highest BCUT2D eigenvalue weighted by atomic mass is 79.9. The molecule has 0 radical (unpaired) electrons. The third kappa shape index (κ3) is 3.38. The normalized spacial score (nSPS) is 23.4. The number of rotatable bonds is 2. The van der Waals surface area contributed by atoms with Gasteiger partial charge in [-0.25, -0.2) is 0 Å². The molecule has 1 aliphatic carbocycles. The van der Waals surface area contributed by atoms with Crippen molar-refractivity contribution in [1.29, 1.82) is 0 Å². The molecule has 1 atom stereocenters. The molecule has 1 N–H and O–H groups in total. The minimum atomic E-state index is 0.459. The van der Waals surface area contributed by atoms with Gasteiger partial charge in [0.2, 0.25) is 0 Å². The summed E-state index contributed by atoms with van der Waals surface area (Å²) in [7, 11) is 0. The maximum Gasteiger partial charge on any atom is 0.0593 e. The summed E-state index contributed by atoms with van der Waals surface area (Å²) < 4.78 is 0.977. The SMILES string of the molecule is CC1(C)CCCC(Nc2cccc(Cl)c2Br)C1. The highest BCUT2D eigenvalue weighted by Gasteiger charge is 2.28. The molecule has 1 nitrogen and oxygen atoms in total. The zero-order valence-corrected chi connectivity index (χ0v) is 12.7. The van der Waals surface area contributed by atoms with Gasteiger partial charge < -0.3 is 5.32 Å². The van der Waals surface area contributed by atoms with E-state index in [0.717, 1.165) is 15.2 Å². The summed E-state index contributed by atoms with van der Waals surface area (Å²) in [5.74, 6) is 0. The Hall–Kier alpha value is -0.210. The standard InChI is InChI=1S/C14H19BrClN/c1-14(2)8-4-5-10(9-14)17-12-7-3-6-11(16)13(12)15/h3,6-7,10,17H,4-5,8-9H2,1-2H3. The lowest BCUT2D eigenvalue weighted by Gasteiger charge is -2.36. The lowest BCUT2D eigenvalue weighted by atomic mass is 9.75. The Bertz CT molecular complexity index is 403. The molecule has 0 aromatic heterocycles. The second-order valence-corrected chi connectivity index (χ2v) is 6.90.